The molecule has 0 aromatic heterocycles. The lowest BCUT2D eigenvalue weighted by atomic mass is 9.83. The van der Waals surface area contributed by atoms with Crippen LogP contribution in [0.4, 0.5) is 0 Å². The summed E-state index contributed by atoms with van der Waals surface area (Å²) in [5, 5.41) is 8.34. The number of nitriles is 1. The number of ether oxygens (including phenoxy) is 1. The molecule has 1 fully saturated rings. The third kappa shape index (κ3) is 1.04. The van der Waals surface area contributed by atoms with E-state index in [0.29, 0.717) is 26.2 Å². The SMILES string of the molecule is N#CCC1(CN)COC1. The van der Waals surface area contributed by atoms with E-state index in [2.05, 4.69) is 6.07 Å². The summed E-state index contributed by atoms with van der Waals surface area (Å²) in [6.07, 6.45) is 0.531. The maximum Gasteiger partial charge on any atom is 0.0629 e. The van der Waals surface area contributed by atoms with Crippen molar-refractivity contribution in [2.45, 2.75) is 6.42 Å². The van der Waals surface area contributed by atoms with E-state index in [1.54, 1.807) is 0 Å². The molecule has 2 N–H and O–H groups in total. The van der Waals surface area contributed by atoms with Crippen LogP contribution in [-0.4, -0.2) is 19.8 Å². The molecule has 0 spiro atoms. The normalized spacial score (nSPS) is 22.2. The Morgan fingerprint density at radius 3 is 2.44 bits per heavy atom. The third-order valence-electron chi connectivity index (χ3n) is 1.70. The molecular formula is C6H10N2O. The maximum absolute atomic E-state index is 8.34. The molecule has 0 unspecified atom stereocenters. The molecule has 0 radical (unpaired) electrons. The van der Waals surface area contributed by atoms with Crippen molar-refractivity contribution in [2.24, 2.45) is 11.1 Å². The van der Waals surface area contributed by atoms with Crippen molar-refractivity contribution in [3.05, 3.63) is 0 Å². The minimum Gasteiger partial charge on any atom is -0.380 e. The lowest BCUT2D eigenvalue weighted by Gasteiger charge is -2.38. The summed E-state index contributed by atoms with van der Waals surface area (Å²) >= 11 is 0. The van der Waals surface area contributed by atoms with E-state index >= 15 is 0 Å². The van der Waals surface area contributed by atoms with Crippen LogP contribution in [-0.2, 0) is 4.74 Å². The van der Waals surface area contributed by atoms with Crippen molar-refractivity contribution in [1.82, 2.24) is 0 Å². The summed E-state index contributed by atoms with van der Waals surface area (Å²) in [7, 11) is 0. The van der Waals surface area contributed by atoms with Gasteiger partial charge in [0.1, 0.15) is 0 Å². The quantitative estimate of drug-likeness (QED) is 0.561. The van der Waals surface area contributed by atoms with Crippen LogP contribution in [0.25, 0.3) is 0 Å². The maximum atomic E-state index is 8.34. The van der Waals surface area contributed by atoms with Crippen LogP contribution in [0.5, 0.6) is 0 Å². The molecule has 0 amide bonds. The number of hydrogen-bond acceptors (Lipinski definition) is 3. The van der Waals surface area contributed by atoms with Crippen LogP contribution >= 0.6 is 0 Å². The summed E-state index contributed by atoms with van der Waals surface area (Å²) < 4.78 is 4.95. The summed E-state index contributed by atoms with van der Waals surface area (Å²) in [5.74, 6) is 0. The molecule has 0 aromatic carbocycles. The third-order valence-corrected chi connectivity index (χ3v) is 1.70. The Hall–Kier alpha value is -0.590. The minimum atomic E-state index is 0.00868. The van der Waals surface area contributed by atoms with Crippen molar-refractivity contribution in [3.8, 4) is 6.07 Å². The van der Waals surface area contributed by atoms with E-state index in [1.165, 1.54) is 0 Å². The van der Waals surface area contributed by atoms with Gasteiger partial charge in [-0.3, -0.25) is 0 Å². The fourth-order valence-corrected chi connectivity index (χ4v) is 0.851. The van der Waals surface area contributed by atoms with Crippen LogP contribution in [0.1, 0.15) is 6.42 Å². The first-order chi connectivity index (χ1) is 4.33. The van der Waals surface area contributed by atoms with Gasteiger partial charge in [0, 0.05) is 18.4 Å². The van der Waals surface area contributed by atoms with Gasteiger partial charge in [-0.25, -0.2) is 0 Å². The van der Waals surface area contributed by atoms with Crippen molar-refractivity contribution < 1.29 is 4.74 Å². The van der Waals surface area contributed by atoms with Gasteiger partial charge in [-0.05, 0) is 0 Å². The van der Waals surface area contributed by atoms with Crippen LogP contribution in [0.2, 0.25) is 0 Å². The number of rotatable bonds is 2. The van der Waals surface area contributed by atoms with Crippen molar-refractivity contribution >= 4 is 0 Å². The smallest absolute Gasteiger partial charge is 0.0629 e. The van der Waals surface area contributed by atoms with E-state index in [4.69, 9.17) is 15.7 Å². The average Bonchev–Trinajstić information content (AvgIpc) is 1.79. The van der Waals surface area contributed by atoms with Crippen molar-refractivity contribution in [3.63, 3.8) is 0 Å². The van der Waals surface area contributed by atoms with Gasteiger partial charge in [-0.15, -0.1) is 0 Å². The first-order valence-electron chi connectivity index (χ1n) is 2.98. The Kier molecular flexibility index (Phi) is 1.70. The molecule has 1 saturated heterocycles. The Balaban J connectivity index is 2.39. The Morgan fingerprint density at radius 2 is 2.33 bits per heavy atom. The lowest BCUT2D eigenvalue weighted by Crippen LogP contribution is -2.47. The minimum absolute atomic E-state index is 0.00868. The van der Waals surface area contributed by atoms with Gasteiger partial charge in [0.2, 0.25) is 0 Å². The molecule has 0 aliphatic carbocycles. The zero-order chi connectivity index (χ0) is 6.74. The molecule has 0 atom stereocenters. The highest BCUT2D eigenvalue weighted by Gasteiger charge is 2.36. The second-order valence-corrected chi connectivity index (χ2v) is 2.53. The molecule has 0 bridgehead atoms. The summed E-state index contributed by atoms with van der Waals surface area (Å²) in [6.45, 7) is 1.90. The van der Waals surface area contributed by atoms with Gasteiger partial charge < -0.3 is 10.5 Å². The van der Waals surface area contributed by atoms with Crippen LogP contribution < -0.4 is 5.73 Å². The molecule has 50 valence electrons. The monoisotopic (exact) mass is 126 g/mol. The van der Waals surface area contributed by atoms with E-state index in [9.17, 15) is 0 Å². The molecule has 1 rings (SSSR count). The lowest BCUT2D eigenvalue weighted by molar-refractivity contribution is -0.103. The molecule has 3 nitrogen and oxygen atoms in total. The highest BCUT2D eigenvalue weighted by molar-refractivity contribution is 4.93. The van der Waals surface area contributed by atoms with Crippen LogP contribution in [0.3, 0.4) is 0 Å². The van der Waals surface area contributed by atoms with Crippen LogP contribution in [0.15, 0.2) is 0 Å². The number of hydrogen-bond donors (Lipinski definition) is 1. The van der Waals surface area contributed by atoms with Crippen LogP contribution in [0, 0.1) is 16.7 Å². The van der Waals surface area contributed by atoms with Crippen molar-refractivity contribution in [1.29, 1.82) is 5.26 Å². The Morgan fingerprint density at radius 1 is 1.67 bits per heavy atom. The first-order valence-corrected chi connectivity index (χ1v) is 2.98. The predicted molar refractivity (Wildman–Crippen MR) is 32.5 cm³/mol. The highest BCUT2D eigenvalue weighted by Crippen LogP contribution is 2.29. The molecule has 0 aromatic rings. The molecular weight excluding hydrogens is 116 g/mol. The van der Waals surface area contributed by atoms with E-state index in [1.807, 2.05) is 0 Å². The Labute approximate surface area is 54.4 Å². The summed E-state index contributed by atoms with van der Waals surface area (Å²) in [6, 6.07) is 2.10. The second kappa shape index (κ2) is 2.34. The van der Waals surface area contributed by atoms with Gasteiger partial charge in [-0.2, -0.15) is 5.26 Å². The van der Waals surface area contributed by atoms with Gasteiger partial charge in [-0.1, -0.05) is 0 Å². The van der Waals surface area contributed by atoms with Gasteiger partial charge in [0.25, 0.3) is 0 Å². The largest absolute Gasteiger partial charge is 0.380 e. The van der Waals surface area contributed by atoms with Gasteiger partial charge in [0.05, 0.1) is 19.3 Å². The van der Waals surface area contributed by atoms with Crippen molar-refractivity contribution in [2.75, 3.05) is 19.8 Å². The summed E-state index contributed by atoms with van der Waals surface area (Å²) in [4.78, 5) is 0. The molecule has 1 heterocycles. The molecule has 1 aliphatic heterocycles. The second-order valence-electron chi connectivity index (χ2n) is 2.53. The molecule has 1 aliphatic rings. The fraction of sp³-hybridized carbons (Fsp3) is 0.833. The average molecular weight is 126 g/mol. The highest BCUT2D eigenvalue weighted by atomic mass is 16.5. The molecule has 3 heteroatoms. The zero-order valence-corrected chi connectivity index (χ0v) is 5.26. The van der Waals surface area contributed by atoms with E-state index in [0.717, 1.165) is 0 Å². The number of nitrogens with zero attached hydrogens (tertiary/aromatic N) is 1. The standard InChI is InChI=1S/C6H10N2O/c7-2-1-6(3-8)4-9-5-6/h1,3-5,8H2. The molecule has 0 saturated carbocycles. The summed E-state index contributed by atoms with van der Waals surface area (Å²) in [5.41, 5.74) is 5.43. The fourth-order valence-electron chi connectivity index (χ4n) is 0.851. The Bertz CT molecular complexity index is 129. The zero-order valence-electron chi connectivity index (χ0n) is 5.26. The topological polar surface area (TPSA) is 59.0 Å². The van der Waals surface area contributed by atoms with Gasteiger partial charge >= 0.3 is 0 Å². The number of nitrogens with two attached hydrogens (primary N) is 1. The van der Waals surface area contributed by atoms with E-state index < -0.39 is 0 Å². The predicted octanol–water partition coefficient (Wildman–Crippen LogP) is -0.125. The van der Waals surface area contributed by atoms with Gasteiger partial charge in [0.15, 0.2) is 0 Å². The molecule has 9 heavy (non-hydrogen) atoms. The first kappa shape index (κ1) is 6.53. The van der Waals surface area contributed by atoms with E-state index in [-0.39, 0.29) is 5.41 Å².